The summed E-state index contributed by atoms with van der Waals surface area (Å²) >= 11 is 0. The monoisotopic (exact) mass is 286 g/mol. The van der Waals surface area contributed by atoms with Crippen LogP contribution in [0, 0.1) is 0 Å². The maximum Gasteiger partial charge on any atom is 0.508 e. The lowest BCUT2D eigenvalue weighted by atomic mass is 9.98. The van der Waals surface area contributed by atoms with E-state index in [1.165, 1.54) is 6.42 Å². The maximum absolute atomic E-state index is 11.5. The van der Waals surface area contributed by atoms with Crippen LogP contribution in [0.15, 0.2) is 0 Å². The standard InChI is InChI=1S/C14H22O6/c1-10(18-14(16)20-12-7-8-12)9-17-13(15)19-11-5-3-2-4-6-11/h10-12H,2-9H2,1H3. The molecule has 0 aliphatic heterocycles. The van der Waals surface area contributed by atoms with Crippen LogP contribution in [0.4, 0.5) is 9.59 Å². The fraction of sp³-hybridized carbons (Fsp3) is 0.857. The van der Waals surface area contributed by atoms with E-state index in [9.17, 15) is 9.59 Å². The average molecular weight is 286 g/mol. The molecule has 2 rings (SSSR count). The van der Waals surface area contributed by atoms with Gasteiger partial charge >= 0.3 is 12.3 Å². The molecule has 2 aliphatic rings. The fourth-order valence-electron chi connectivity index (χ4n) is 2.09. The van der Waals surface area contributed by atoms with Gasteiger partial charge in [0.25, 0.3) is 0 Å². The van der Waals surface area contributed by atoms with Crippen molar-refractivity contribution in [1.82, 2.24) is 0 Å². The molecule has 0 aromatic carbocycles. The number of rotatable bonds is 5. The summed E-state index contributed by atoms with van der Waals surface area (Å²) < 4.78 is 20.0. The van der Waals surface area contributed by atoms with E-state index in [1.54, 1.807) is 6.92 Å². The Morgan fingerprint density at radius 3 is 2.20 bits per heavy atom. The lowest BCUT2D eigenvalue weighted by molar-refractivity contribution is -0.0265. The summed E-state index contributed by atoms with van der Waals surface area (Å²) in [5.74, 6) is 0. The van der Waals surface area contributed by atoms with Gasteiger partial charge in [-0.1, -0.05) is 6.42 Å². The zero-order valence-electron chi connectivity index (χ0n) is 11.8. The van der Waals surface area contributed by atoms with E-state index in [4.69, 9.17) is 18.9 Å². The Hall–Kier alpha value is -1.46. The smallest absolute Gasteiger partial charge is 0.431 e. The van der Waals surface area contributed by atoms with Gasteiger partial charge in [0, 0.05) is 0 Å². The number of carbonyl (C=O) groups excluding carboxylic acids is 2. The molecule has 1 unspecified atom stereocenters. The first kappa shape index (κ1) is 14.9. The summed E-state index contributed by atoms with van der Waals surface area (Å²) in [5, 5.41) is 0. The summed E-state index contributed by atoms with van der Waals surface area (Å²) in [5.41, 5.74) is 0. The molecule has 0 amide bonds. The first-order valence-electron chi connectivity index (χ1n) is 7.34. The van der Waals surface area contributed by atoms with E-state index in [1.807, 2.05) is 0 Å². The molecule has 114 valence electrons. The topological polar surface area (TPSA) is 71.1 Å². The van der Waals surface area contributed by atoms with E-state index >= 15 is 0 Å². The molecule has 1 atom stereocenters. The van der Waals surface area contributed by atoms with Crippen LogP contribution < -0.4 is 0 Å². The molecule has 0 radical (unpaired) electrons. The van der Waals surface area contributed by atoms with E-state index in [2.05, 4.69) is 0 Å². The molecular formula is C14H22O6. The molecule has 0 aromatic rings. The molecule has 0 bridgehead atoms. The second-order valence-corrected chi connectivity index (χ2v) is 5.43. The van der Waals surface area contributed by atoms with Crippen molar-refractivity contribution in [3.05, 3.63) is 0 Å². The predicted molar refractivity (Wildman–Crippen MR) is 69.4 cm³/mol. The van der Waals surface area contributed by atoms with Crippen LogP contribution in [0.5, 0.6) is 0 Å². The molecule has 2 fully saturated rings. The summed E-state index contributed by atoms with van der Waals surface area (Å²) in [6.07, 6.45) is 5.00. The molecular weight excluding hydrogens is 264 g/mol. The highest BCUT2D eigenvalue weighted by atomic mass is 16.8. The van der Waals surface area contributed by atoms with Gasteiger partial charge in [-0.3, -0.25) is 0 Å². The highest BCUT2D eigenvalue weighted by Crippen LogP contribution is 2.24. The predicted octanol–water partition coefficient (Wildman–Crippen LogP) is 3.18. The van der Waals surface area contributed by atoms with Crippen LogP contribution in [0.2, 0.25) is 0 Å². The molecule has 0 saturated heterocycles. The van der Waals surface area contributed by atoms with Gasteiger partial charge in [-0.2, -0.15) is 0 Å². The first-order chi connectivity index (χ1) is 9.63. The summed E-state index contributed by atoms with van der Waals surface area (Å²) in [7, 11) is 0. The van der Waals surface area contributed by atoms with Gasteiger partial charge in [-0.25, -0.2) is 9.59 Å². The molecule has 6 heteroatoms. The third-order valence-electron chi connectivity index (χ3n) is 3.34. The largest absolute Gasteiger partial charge is 0.508 e. The fourth-order valence-corrected chi connectivity index (χ4v) is 2.09. The zero-order chi connectivity index (χ0) is 14.4. The SMILES string of the molecule is CC(COC(=O)OC1CCCCC1)OC(=O)OC1CC1. The van der Waals surface area contributed by atoms with E-state index in [0.29, 0.717) is 0 Å². The van der Waals surface area contributed by atoms with Crippen LogP contribution in [-0.4, -0.2) is 37.2 Å². The van der Waals surface area contributed by atoms with Crippen LogP contribution in [0.25, 0.3) is 0 Å². The summed E-state index contributed by atoms with van der Waals surface area (Å²) in [6, 6.07) is 0. The molecule has 20 heavy (non-hydrogen) atoms. The van der Waals surface area contributed by atoms with Crippen LogP contribution in [-0.2, 0) is 18.9 Å². The Bertz CT molecular complexity index is 333. The van der Waals surface area contributed by atoms with Crippen molar-refractivity contribution in [1.29, 1.82) is 0 Å². The van der Waals surface area contributed by atoms with E-state index < -0.39 is 18.4 Å². The Kier molecular flexibility index (Phi) is 5.49. The second kappa shape index (κ2) is 7.36. The lowest BCUT2D eigenvalue weighted by Gasteiger charge is -2.21. The average Bonchev–Trinajstić information content (AvgIpc) is 3.21. The number of carbonyl (C=O) groups is 2. The Balaban J connectivity index is 1.55. The quantitative estimate of drug-likeness (QED) is 0.723. The van der Waals surface area contributed by atoms with Gasteiger partial charge in [0.15, 0.2) is 0 Å². The first-order valence-corrected chi connectivity index (χ1v) is 7.34. The van der Waals surface area contributed by atoms with Gasteiger partial charge < -0.3 is 18.9 Å². The molecule has 2 saturated carbocycles. The highest BCUT2D eigenvalue weighted by molar-refractivity contribution is 5.61. The normalized spacial score (nSPS) is 20.9. The van der Waals surface area contributed by atoms with Gasteiger partial charge in [-0.15, -0.1) is 0 Å². The van der Waals surface area contributed by atoms with Crippen molar-refractivity contribution in [3.8, 4) is 0 Å². The highest BCUT2D eigenvalue weighted by Gasteiger charge is 2.27. The third kappa shape index (κ3) is 5.67. The van der Waals surface area contributed by atoms with E-state index in [0.717, 1.165) is 38.5 Å². The zero-order valence-corrected chi connectivity index (χ0v) is 11.8. The van der Waals surface area contributed by atoms with Crippen molar-refractivity contribution >= 4 is 12.3 Å². The molecule has 0 aromatic heterocycles. The van der Waals surface area contributed by atoms with Crippen molar-refractivity contribution in [2.24, 2.45) is 0 Å². The Morgan fingerprint density at radius 1 is 0.950 bits per heavy atom. The molecule has 6 nitrogen and oxygen atoms in total. The molecule has 0 spiro atoms. The third-order valence-corrected chi connectivity index (χ3v) is 3.34. The minimum atomic E-state index is -0.704. The van der Waals surface area contributed by atoms with Crippen molar-refractivity contribution in [3.63, 3.8) is 0 Å². The Labute approximate surface area is 118 Å². The number of hydrogen-bond acceptors (Lipinski definition) is 6. The van der Waals surface area contributed by atoms with Gasteiger partial charge in [0.1, 0.15) is 24.9 Å². The summed E-state index contributed by atoms with van der Waals surface area (Å²) in [4.78, 5) is 22.7. The van der Waals surface area contributed by atoms with Crippen molar-refractivity contribution in [2.45, 2.75) is 70.2 Å². The number of ether oxygens (including phenoxy) is 4. The van der Waals surface area contributed by atoms with Gasteiger partial charge in [0.05, 0.1) is 0 Å². The summed E-state index contributed by atoms with van der Waals surface area (Å²) in [6.45, 7) is 1.62. The lowest BCUT2D eigenvalue weighted by Crippen LogP contribution is -2.26. The van der Waals surface area contributed by atoms with E-state index in [-0.39, 0.29) is 18.8 Å². The van der Waals surface area contributed by atoms with Crippen LogP contribution >= 0.6 is 0 Å². The number of hydrogen-bond donors (Lipinski definition) is 0. The van der Waals surface area contributed by atoms with Crippen LogP contribution in [0.3, 0.4) is 0 Å². The van der Waals surface area contributed by atoms with Crippen LogP contribution in [0.1, 0.15) is 51.9 Å². The minimum absolute atomic E-state index is 0.00638. The van der Waals surface area contributed by atoms with Crippen molar-refractivity contribution < 1.29 is 28.5 Å². The van der Waals surface area contributed by atoms with Gasteiger partial charge in [0.2, 0.25) is 0 Å². The maximum atomic E-state index is 11.5. The van der Waals surface area contributed by atoms with Crippen molar-refractivity contribution in [2.75, 3.05) is 6.61 Å². The minimum Gasteiger partial charge on any atom is -0.431 e. The molecule has 0 N–H and O–H groups in total. The molecule has 0 heterocycles. The van der Waals surface area contributed by atoms with Gasteiger partial charge in [-0.05, 0) is 45.4 Å². The second-order valence-electron chi connectivity index (χ2n) is 5.43. The molecule has 2 aliphatic carbocycles. The Morgan fingerprint density at radius 2 is 1.55 bits per heavy atom.